The van der Waals surface area contributed by atoms with Crippen LogP contribution in [-0.4, -0.2) is 95.8 Å². The van der Waals surface area contributed by atoms with Gasteiger partial charge in [0.25, 0.3) is 0 Å². The molecular weight excluding hydrogens is 526 g/mol. The van der Waals surface area contributed by atoms with E-state index in [0.717, 1.165) is 56.0 Å². The summed E-state index contributed by atoms with van der Waals surface area (Å²) in [6.45, 7) is 5.52. The van der Waals surface area contributed by atoms with Gasteiger partial charge < -0.3 is 14.7 Å². The zero-order valence-electron chi connectivity index (χ0n) is 23.6. The highest BCUT2D eigenvalue weighted by atomic mass is 32.1. The minimum atomic E-state index is -0.733. The molecule has 0 radical (unpaired) electrons. The van der Waals surface area contributed by atoms with E-state index < -0.39 is 5.97 Å². The van der Waals surface area contributed by atoms with E-state index in [1.165, 1.54) is 55.4 Å². The summed E-state index contributed by atoms with van der Waals surface area (Å²) in [5, 5.41) is 14.7. The molecule has 1 aliphatic carbocycles. The molecular formula is C30H43N5O4S. The molecule has 1 aromatic heterocycles. The number of aromatic nitrogens is 1. The van der Waals surface area contributed by atoms with Gasteiger partial charge in [0.2, 0.25) is 0 Å². The number of amides is 2. The third kappa shape index (κ3) is 7.33. The molecule has 0 bridgehead atoms. The third-order valence-electron chi connectivity index (χ3n) is 8.78. The molecule has 3 aliphatic rings. The number of carboxylic acids is 1. The van der Waals surface area contributed by atoms with Crippen LogP contribution in [0.3, 0.4) is 0 Å². The Balaban J connectivity index is 1.14. The van der Waals surface area contributed by atoms with Crippen molar-refractivity contribution in [1.82, 2.24) is 19.7 Å². The first-order valence-electron chi connectivity index (χ1n) is 14.9. The number of rotatable bonds is 9. The molecule has 10 heteroatoms. The summed E-state index contributed by atoms with van der Waals surface area (Å²) in [5.74, 6) is 0.669. The average Bonchev–Trinajstić information content (AvgIpc) is 3.45. The van der Waals surface area contributed by atoms with Gasteiger partial charge in [-0.15, -0.1) is 11.3 Å². The maximum atomic E-state index is 13.1. The number of nitrogens with one attached hydrogen (secondary N) is 1. The molecule has 2 N–H and O–H groups in total. The van der Waals surface area contributed by atoms with E-state index in [2.05, 4.69) is 33.3 Å². The van der Waals surface area contributed by atoms with Crippen LogP contribution in [-0.2, 0) is 4.79 Å². The van der Waals surface area contributed by atoms with Crippen molar-refractivity contribution in [2.75, 3.05) is 58.2 Å². The molecule has 2 aromatic rings. The molecule has 1 saturated carbocycles. The molecule has 3 heterocycles. The zero-order valence-corrected chi connectivity index (χ0v) is 24.5. The highest BCUT2D eigenvalue weighted by Crippen LogP contribution is 2.38. The quantitative estimate of drug-likeness (QED) is 0.420. The van der Waals surface area contributed by atoms with Gasteiger partial charge in [0.15, 0.2) is 5.13 Å². The van der Waals surface area contributed by atoms with E-state index in [-0.39, 0.29) is 12.5 Å². The van der Waals surface area contributed by atoms with Crippen molar-refractivity contribution in [3.63, 3.8) is 0 Å². The number of hydrogen-bond donors (Lipinski definition) is 2. The Labute approximate surface area is 241 Å². The Hall–Kier alpha value is -2.69. The van der Waals surface area contributed by atoms with Crippen LogP contribution in [0.15, 0.2) is 23.6 Å². The summed E-state index contributed by atoms with van der Waals surface area (Å²) >= 11 is 1.45. The summed E-state index contributed by atoms with van der Waals surface area (Å²) in [4.78, 5) is 35.5. The normalized spacial score (nSPS) is 21.3. The maximum absolute atomic E-state index is 13.1. The number of benzene rings is 1. The number of likely N-dealkylation sites (tertiary alicyclic amines) is 1. The number of carboxylic acid groups (broad SMARTS) is 1. The summed E-state index contributed by atoms with van der Waals surface area (Å²) in [7, 11) is 1.69. The van der Waals surface area contributed by atoms with Crippen molar-refractivity contribution in [2.24, 2.45) is 0 Å². The van der Waals surface area contributed by atoms with Gasteiger partial charge in [-0.25, -0.2) is 9.78 Å². The SMILES string of the molecule is COc1ccc(C2CCCCC2)cc1-c1csc(NC(=O)N2CCN(C[C@H]3CCCCN3CCC(=O)O)CC2)n1. The fourth-order valence-corrected chi connectivity index (χ4v) is 7.17. The maximum Gasteiger partial charge on any atom is 0.323 e. The van der Waals surface area contributed by atoms with Crippen molar-refractivity contribution in [1.29, 1.82) is 0 Å². The average molecular weight is 570 g/mol. The Morgan fingerprint density at radius 2 is 1.82 bits per heavy atom. The minimum absolute atomic E-state index is 0.107. The molecule has 218 valence electrons. The van der Waals surface area contributed by atoms with Crippen LogP contribution in [0.5, 0.6) is 5.75 Å². The Morgan fingerprint density at radius 1 is 1.05 bits per heavy atom. The molecule has 2 saturated heterocycles. The monoisotopic (exact) mass is 569 g/mol. The number of carbonyl (C=O) groups is 2. The lowest BCUT2D eigenvalue weighted by Gasteiger charge is -2.41. The van der Waals surface area contributed by atoms with Crippen molar-refractivity contribution in [3.8, 4) is 17.0 Å². The van der Waals surface area contributed by atoms with Crippen molar-refractivity contribution in [2.45, 2.75) is 69.7 Å². The van der Waals surface area contributed by atoms with E-state index >= 15 is 0 Å². The van der Waals surface area contributed by atoms with Crippen LogP contribution >= 0.6 is 11.3 Å². The number of hydrogen-bond acceptors (Lipinski definition) is 7. The van der Waals surface area contributed by atoms with Crippen LogP contribution in [0.4, 0.5) is 9.93 Å². The summed E-state index contributed by atoms with van der Waals surface area (Å²) in [6.07, 6.45) is 10.0. The summed E-state index contributed by atoms with van der Waals surface area (Å²) in [5.41, 5.74) is 3.17. The first-order valence-corrected chi connectivity index (χ1v) is 15.8. The van der Waals surface area contributed by atoms with Gasteiger partial charge in [0.1, 0.15) is 5.75 Å². The zero-order chi connectivity index (χ0) is 27.9. The van der Waals surface area contributed by atoms with Gasteiger partial charge in [0, 0.05) is 56.3 Å². The number of thiazole rings is 1. The van der Waals surface area contributed by atoms with Crippen LogP contribution < -0.4 is 10.1 Å². The van der Waals surface area contributed by atoms with Gasteiger partial charge in [-0.3, -0.25) is 19.9 Å². The number of nitrogens with zero attached hydrogens (tertiary/aromatic N) is 4. The topological polar surface area (TPSA) is 98.2 Å². The Morgan fingerprint density at radius 3 is 2.58 bits per heavy atom. The Kier molecular flexibility index (Phi) is 9.93. The standard InChI is InChI=1S/C30H43N5O4S/c1-39-27-11-10-23(22-7-3-2-4-8-22)19-25(27)26-21-40-29(31-26)32-30(38)35-17-15-33(16-18-35)20-24-9-5-6-13-34(24)14-12-28(36)37/h10-11,19,21-22,24H,2-9,12-18,20H2,1H3,(H,36,37)(H,31,32,38)/t24-/m1/s1. The minimum Gasteiger partial charge on any atom is -0.496 e. The fraction of sp³-hybridized carbons (Fsp3) is 0.633. The molecule has 0 spiro atoms. The number of methoxy groups -OCH3 is 1. The number of piperazine rings is 1. The largest absolute Gasteiger partial charge is 0.496 e. The molecule has 2 aliphatic heterocycles. The van der Waals surface area contributed by atoms with Crippen LogP contribution in [0.2, 0.25) is 0 Å². The number of urea groups is 1. The van der Waals surface area contributed by atoms with Crippen LogP contribution in [0, 0.1) is 0 Å². The van der Waals surface area contributed by atoms with E-state index in [1.54, 1.807) is 7.11 Å². The fourth-order valence-electron chi connectivity index (χ4n) is 6.47. The number of anilines is 1. The lowest BCUT2D eigenvalue weighted by atomic mass is 9.83. The van der Waals surface area contributed by atoms with Gasteiger partial charge in [-0.2, -0.15) is 0 Å². The molecule has 5 rings (SSSR count). The van der Waals surface area contributed by atoms with E-state index in [9.17, 15) is 9.59 Å². The lowest BCUT2D eigenvalue weighted by molar-refractivity contribution is -0.137. The van der Waals surface area contributed by atoms with Gasteiger partial charge in [-0.1, -0.05) is 31.7 Å². The second-order valence-electron chi connectivity index (χ2n) is 11.4. The van der Waals surface area contributed by atoms with E-state index in [4.69, 9.17) is 14.8 Å². The second-order valence-corrected chi connectivity index (χ2v) is 12.2. The van der Waals surface area contributed by atoms with Gasteiger partial charge in [-0.05, 0) is 55.8 Å². The highest BCUT2D eigenvalue weighted by Gasteiger charge is 2.28. The smallest absolute Gasteiger partial charge is 0.323 e. The number of piperidine rings is 1. The predicted molar refractivity (Wildman–Crippen MR) is 158 cm³/mol. The second kappa shape index (κ2) is 13.8. The lowest BCUT2D eigenvalue weighted by Crippen LogP contribution is -2.54. The molecule has 1 atom stereocenters. The number of carbonyl (C=O) groups excluding carboxylic acids is 1. The first-order chi connectivity index (χ1) is 19.5. The predicted octanol–water partition coefficient (Wildman–Crippen LogP) is 5.35. The molecule has 40 heavy (non-hydrogen) atoms. The molecule has 9 nitrogen and oxygen atoms in total. The van der Waals surface area contributed by atoms with Crippen LogP contribution in [0.25, 0.3) is 11.3 Å². The number of ether oxygens (including phenoxy) is 1. The van der Waals surface area contributed by atoms with E-state index in [1.807, 2.05) is 10.3 Å². The van der Waals surface area contributed by atoms with Crippen LogP contribution in [0.1, 0.15) is 69.3 Å². The molecule has 2 amide bonds. The summed E-state index contributed by atoms with van der Waals surface area (Å²) in [6, 6.07) is 6.76. The summed E-state index contributed by atoms with van der Waals surface area (Å²) < 4.78 is 5.66. The van der Waals surface area contributed by atoms with Gasteiger partial charge in [0.05, 0.1) is 19.2 Å². The highest BCUT2D eigenvalue weighted by molar-refractivity contribution is 7.14. The third-order valence-corrected chi connectivity index (χ3v) is 9.54. The van der Waals surface area contributed by atoms with Crippen molar-refractivity contribution < 1.29 is 19.4 Å². The number of aliphatic carboxylic acids is 1. The van der Waals surface area contributed by atoms with Crippen molar-refractivity contribution >= 4 is 28.5 Å². The van der Waals surface area contributed by atoms with Gasteiger partial charge >= 0.3 is 12.0 Å². The molecule has 3 fully saturated rings. The molecule has 1 aromatic carbocycles. The first kappa shape index (κ1) is 28.8. The molecule has 0 unspecified atom stereocenters. The van der Waals surface area contributed by atoms with E-state index in [0.29, 0.717) is 36.7 Å². The Bertz CT molecular complexity index is 1140. The van der Waals surface area contributed by atoms with Crippen molar-refractivity contribution in [3.05, 3.63) is 29.1 Å².